The molecule has 0 unspecified atom stereocenters. The van der Waals surface area contributed by atoms with Crippen molar-refractivity contribution in [3.8, 4) is 6.07 Å². The minimum atomic E-state index is -0.647. The molecule has 10 heteroatoms. The molecule has 1 fully saturated rings. The maximum Gasteiger partial charge on any atom is 0.313 e. The Kier molecular flexibility index (Phi) is 5.76. The van der Waals surface area contributed by atoms with Crippen LogP contribution in [0.3, 0.4) is 0 Å². The Hall–Kier alpha value is -2.77. The summed E-state index contributed by atoms with van der Waals surface area (Å²) in [6.07, 6.45) is 4.28. The van der Waals surface area contributed by atoms with Crippen molar-refractivity contribution < 1.29 is 10.0 Å². The monoisotopic (exact) mass is 446 g/mol. The Bertz CT molecular complexity index is 916. The number of halogens is 1. The molecule has 0 saturated heterocycles. The molecule has 0 radical (unpaired) electrons. The molecule has 1 aliphatic carbocycles. The highest BCUT2D eigenvalue weighted by molar-refractivity contribution is 9.10. The zero-order valence-corrected chi connectivity index (χ0v) is 16.7. The van der Waals surface area contributed by atoms with Gasteiger partial charge in [-0.3, -0.25) is 10.1 Å². The molecule has 28 heavy (non-hydrogen) atoms. The van der Waals surface area contributed by atoms with Crippen molar-refractivity contribution >= 4 is 39.1 Å². The molecular formula is C18H19BrN6O3. The van der Waals surface area contributed by atoms with E-state index in [1.54, 1.807) is 12.1 Å². The number of nitrogens with one attached hydrogen (secondary N) is 2. The summed E-state index contributed by atoms with van der Waals surface area (Å²) in [5.74, 6) is 0.876. The largest absolute Gasteiger partial charge is 0.390 e. The van der Waals surface area contributed by atoms with E-state index in [-0.39, 0.29) is 17.5 Å². The van der Waals surface area contributed by atoms with Crippen molar-refractivity contribution in [2.24, 2.45) is 0 Å². The maximum atomic E-state index is 11.4. The van der Waals surface area contributed by atoms with Gasteiger partial charge in [0.2, 0.25) is 5.82 Å². The number of rotatable bonds is 5. The number of aromatic nitrogens is 2. The van der Waals surface area contributed by atoms with Gasteiger partial charge in [-0.05, 0) is 60.7 Å². The number of nitriles is 1. The second kappa shape index (κ2) is 8.08. The van der Waals surface area contributed by atoms with Crippen molar-refractivity contribution in [2.75, 3.05) is 10.6 Å². The van der Waals surface area contributed by atoms with Crippen molar-refractivity contribution in [1.82, 2.24) is 9.97 Å². The summed E-state index contributed by atoms with van der Waals surface area (Å²) in [6.45, 7) is 1.83. The SMILES string of the molecule is CC1(O)CCC(Nc2nc(Nc3ccc(C#N)cn3)c([N+](=O)[O-])cc2Br)CC1. The molecule has 0 bridgehead atoms. The first-order chi connectivity index (χ1) is 13.3. The van der Waals surface area contributed by atoms with E-state index in [4.69, 9.17) is 5.26 Å². The van der Waals surface area contributed by atoms with E-state index in [0.29, 0.717) is 34.5 Å². The average Bonchev–Trinajstić information content (AvgIpc) is 2.66. The Balaban J connectivity index is 1.84. The standard InChI is InChI=1S/C18H19BrN6O3/c1-18(26)6-4-12(5-7-18)22-16-13(19)8-14(25(27)28)17(24-16)23-15-3-2-11(9-20)10-21-15/h2-3,8,10,12,26H,4-7H2,1H3,(H2,21,22,23,24). The summed E-state index contributed by atoms with van der Waals surface area (Å²) in [5.41, 5.74) is -0.457. The fourth-order valence-electron chi connectivity index (χ4n) is 3.04. The van der Waals surface area contributed by atoms with E-state index < -0.39 is 10.5 Å². The number of pyridine rings is 2. The molecule has 2 aromatic rings. The molecule has 3 rings (SSSR count). The molecule has 3 N–H and O–H groups in total. The Labute approximate surface area is 170 Å². The smallest absolute Gasteiger partial charge is 0.313 e. The predicted octanol–water partition coefficient (Wildman–Crippen LogP) is 3.87. The van der Waals surface area contributed by atoms with Gasteiger partial charge in [0, 0.05) is 18.3 Å². The van der Waals surface area contributed by atoms with Crippen LogP contribution in [-0.2, 0) is 0 Å². The van der Waals surface area contributed by atoms with Crippen LogP contribution >= 0.6 is 15.9 Å². The lowest BCUT2D eigenvalue weighted by Gasteiger charge is -2.33. The van der Waals surface area contributed by atoms with Crippen molar-refractivity contribution in [2.45, 2.75) is 44.2 Å². The number of anilines is 3. The predicted molar refractivity (Wildman–Crippen MR) is 107 cm³/mol. The van der Waals surface area contributed by atoms with Gasteiger partial charge in [-0.2, -0.15) is 5.26 Å². The van der Waals surface area contributed by atoms with Crippen LogP contribution in [0, 0.1) is 21.4 Å². The summed E-state index contributed by atoms with van der Waals surface area (Å²) in [5, 5.41) is 36.5. The van der Waals surface area contributed by atoms with Gasteiger partial charge >= 0.3 is 5.69 Å². The van der Waals surface area contributed by atoms with Crippen molar-refractivity contribution in [3.63, 3.8) is 0 Å². The normalized spacial score (nSPS) is 21.6. The van der Waals surface area contributed by atoms with E-state index in [9.17, 15) is 15.2 Å². The van der Waals surface area contributed by atoms with Gasteiger partial charge < -0.3 is 15.7 Å². The summed E-state index contributed by atoms with van der Waals surface area (Å²) in [4.78, 5) is 19.4. The van der Waals surface area contributed by atoms with Crippen LogP contribution in [0.25, 0.3) is 0 Å². The third-order valence-corrected chi connectivity index (χ3v) is 5.30. The third-order valence-electron chi connectivity index (χ3n) is 4.70. The Morgan fingerprint density at radius 3 is 2.68 bits per heavy atom. The molecule has 2 aromatic heterocycles. The summed E-state index contributed by atoms with van der Waals surface area (Å²) < 4.78 is 0.481. The van der Waals surface area contributed by atoms with Gasteiger partial charge in [-0.1, -0.05) is 0 Å². The number of hydrogen-bond acceptors (Lipinski definition) is 8. The van der Waals surface area contributed by atoms with Crippen molar-refractivity contribution in [1.29, 1.82) is 5.26 Å². The zero-order chi connectivity index (χ0) is 20.3. The lowest BCUT2D eigenvalue weighted by atomic mass is 9.84. The molecule has 1 saturated carbocycles. The minimum absolute atomic E-state index is 0.0516. The fourth-order valence-corrected chi connectivity index (χ4v) is 3.46. The molecule has 0 aromatic carbocycles. The zero-order valence-electron chi connectivity index (χ0n) is 15.1. The van der Waals surface area contributed by atoms with Crippen LogP contribution in [0.2, 0.25) is 0 Å². The van der Waals surface area contributed by atoms with Gasteiger partial charge in [-0.25, -0.2) is 9.97 Å². The van der Waals surface area contributed by atoms with E-state index in [1.807, 2.05) is 13.0 Å². The second-order valence-electron chi connectivity index (χ2n) is 7.03. The summed E-state index contributed by atoms with van der Waals surface area (Å²) >= 11 is 3.34. The maximum absolute atomic E-state index is 11.4. The molecule has 0 spiro atoms. The van der Waals surface area contributed by atoms with E-state index in [2.05, 4.69) is 36.5 Å². The first kappa shape index (κ1) is 20.0. The molecular weight excluding hydrogens is 428 g/mol. The lowest BCUT2D eigenvalue weighted by Crippen LogP contribution is -2.36. The first-order valence-electron chi connectivity index (χ1n) is 8.74. The topological polar surface area (TPSA) is 137 Å². The van der Waals surface area contributed by atoms with Crippen LogP contribution in [0.1, 0.15) is 38.2 Å². The quantitative estimate of drug-likeness (QED) is 0.464. The second-order valence-corrected chi connectivity index (χ2v) is 7.88. The van der Waals surface area contributed by atoms with E-state index in [0.717, 1.165) is 12.8 Å². The van der Waals surface area contributed by atoms with Crippen LogP contribution in [0.4, 0.5) is 23.1 Å². The third kappa shape index (κ3) is 4.74. The average molecular weight is 447 g/mol. The number of aliphatic hydroxyl groups is 1. The van der Waals surface area contributed by atoms with Crippen LogP contribution in [0.5, 0.6) is 0 Å². The highest BCUT2D eigenvalue weighted by Gasteiger charge is 2.29. The lowest BCUT2D eigenvalue weighted by molar-refractivity contribution is -0.384. The van der Waals surface area contributed by atoms with E-state index >= 15 is 0 Å². The van der Waals surface area contributed by atoms with Crippen LogP contribution in [-0.4, -0.2) is 31.6 Å². The molecule has 1 aliphatic rings. The van der Waals surface area contributed by atoms with Gasteiger partial charge in [0.05, 0.1) is 20.6 Å². The number of nitro groups is 1. The Morgan fingerprint density at radius 2 is 2.11 bits per heavy atom. The van der Waals surface area contributed by atoms with Gasteiger partial charge in [0.15, 0.2) is 0 Å². The fraction of sp³-hybridized carbons (Fsp3) is 0.389. The van der Waals surface area contributed by atoms with Gasteiger partial charge in [-0.15, -0.1) is 0 Å². The van der Waals surface area contributed by atoms with Gasteiger partial charge in [0.25, 0.3) is 0 Å². The summed E-state index contributed by atoms with van der Waals surface area (Å²) in [6, 6.07) is 6.59. The van der Waals surface area contributed by atoms with E-state index in [1.165, 1.54) is 12.3 Å². The first-order valence-corrected chi connectivity index (χ1v) is 9.54. The van der Waals surface area contributed by atoms with Crippen LogP contribution < -0.4 is 10.6 Å². The summed E-state index contributed by atoms with van der Waals surface area (Å²) in [7, 11) is 0. The number of nitrogens with zero attached hydrogens (tertiary/aromatic N) is 4. The molecule has 146 valence electrons. The van der Waals surface area contributed by atoms with Crippen LogP contribution in [0.15, 0.2) is 28.9 Å². The number of hydrogen-bond donors (Lipinski definition) is 3. The molecule has 0 amide bonds. The molecule has 9 nitrogen and oxygen atoms in total. The molecule has 0 aliphatic heterocycles. The highest BCUT2D eigenvalue weighted by Crippen LogP contribution is 2.35. The Morgan fingerprint density at radius 1 is 1.39 bits per heavy atom. The van der Waals surface area contributed by atoms with Gasteiger partial charge in [0.1, 0.15) is 17.7 Å². The minimum Gasteiger partial charge on any atom is -0.390 e. The highest BCUT2D eigenvalue weighted by atomic mass is 79.9. The molecule has 0 atom stereocenters. The molecule has 2 heterocycles. The van der Waals surface area contributed by atoms with Crippen molar-refractivity contribution in [3.05, 3.63) is 44.5 Å².